The first-order valence-corrected chi connectivity index (χ1v) is 6.41. The number of carbonyl (C=O) groups excluding carboxylic acids is 1. The van der Waals surface area contributed by atoms with E-state index in [9.17, 15) is 4.79 Å². The molecule has 0 saturated heterocycles. The average molecular weight is 305 g/mol. The maximum atomic E-state index is 11.9. The zero-order chi connectivity index (χ0) is 12.2. The molecule has 0 spiro atoms. The molecule has 0 aliphatic carbocycles. The van der Waals surface area contributed by atoms with Gasteiger partial charge in [-0.15, -0.1) is 11.6 Å². The van der Waals surface area contributed by atoms with E-state index in [1.807, 2.05) is 26.0 Å². The maximum Gasteiger partial charge on any atom is 0.251 e. The molecule has 0 atom stereocenters. The van der Waals surface area contributed by atoms with Gasteiger partial charge in [0.25, 0.3) is 5.91 Å². The zero-order valence-electron chi connectivity index (χ0n) is 9.39. The predicted octanol–water partition coefficient (Wildman–Crippen LogP) is 3.59. The van der Waals surface area contributed by atoms with Gasteiger partial charge in [0, 0.05) is 21.5 Å². The van der Waals surface area contributed by atoms with Crippen LogP contribution in [0.3, 0.4) is 0 Å². The molecule has 1 aromatic carbocycles. The molecule has 0 heterocycles. The van der Waals surface area contributed by atoms with E-state index in [1.165, 1.54) is 0 Å². The van der Waals surface area contributed by atoms with Crippen molar-refractivity contribution in [3.8, 4) is 0 Å². The van der Waals surface area contributed by atoms with Crippen molar-refractivity contribution in [3.05, 3.63) is 34.3 Å². The summed E-state index contributed by atoms with van der Waals surface area (Å²) >= 11 is 9.02. The molecule has 0 aliphatic heterocycles. The second kappa shape index (κ2) is 5.69. The number of rotatable bonds is 4. The fraction of sp³-hybridized carbons (Fsp3) is 0.417. The van der Waals surface area contributed by atoms with Crippen molar-refractivity contribution in [2.75, 3.05) is 5.88 Å². The van der Waals surface area contributed by atoms with Crippen molar-refractivity contribution in [1.82, 2.24) is 5.32 Å². The highest BCUT2D eigenvalue weighted by atomic mass is 79.9. The van der Waals surface area contributed by atoms with E-state index in [-0.39, 0.29) is 11.4 Å². The number of carbonyl (C=O) groups is 1. The van der Waals surface area contributed by atoms with Crippen LogP contribution in [0.25, 0.3) is 0 Å². The van der Waals surface area contributed by atoms with Gasteiger partial charge in [-0.1, -0.05) is 22.0 Å². The van der Waals surface area contributed by atoms with Crippen LogP contribution in [-0.2, 0) is 0 Å². The van der Waals surface area contributed by atoms with Gasteiger partial charge in [-0.05, 0) is 38.5 Å². The minimum absolute atomic E-state index is 0.0728. The molecular weight excluding hydrogens is 289 g/mol. The molecule has 0 aliphatic rings. The molecule has 1 rings (SSSR count). The number of alkyl halides is 1. The molecule has 0 radical (unpaired) electrons. The predicted molar refractivity (Wildman–Crippen MR) is 71.0 cm³/mol. The number of benzene rings is 1. The normalized spacial score (nSPS) is 11.2. The minimum Gasteiger partial charge on any atom is -0.347 e. The fourth-order valence-electron chi connectivity index (χ4n) is 1.31. The summed E-state index contributed by atoms with van der Waals surface area (Å²) in [6, 6.07) is 7.32. The van der Waals surface area contributed by atoms with Crippen LogP contribution in [0.4, 0.5) is 0 Å². The standard InChI is InChI=1S/C12H15BrClNO/c1-12(2,6-7-14)15-11(16)9-4-3-5-10(13)8-9/h3-5,8H,6-7H2,1-2H3,(H,15,16). The van der Waals surface area contributed by atoms with Crippen molar-refractivity contribution in [3.63, 3.8) is 0 Å². The van der Waals surface area contributed by atoms with E-state index < -0.39 is 0 Å². The first-order valence-electron chi connectivity index (χ1n) is 5.09. The molecule has 0 saturated carbocycles. The molecule has 1 aromatic rings. The van der Waals surface area contributed by atoms with Crippen LogP contribution in [0, 0.1) is 0 Å². The van der Waals surface area contributed by atoms with Gasteiger partial charge in [0.2, 0.25) is 0 Å². The zero-order valence-corrected chi connectivity index (χ0v) is 11.7. The van der Waals surface area contributed by atoms with Gasteiger partial charge < -0.3 is 5.32 Å². The van der Waals surface area contributed by atoms with E-state index in [0.717, 1.165) is 10.9 Å². The number of hydrogen-bond acceptors (Lipinski definition) is 1. The maximum absolute atomic E-state index is 11.9. The monoisotopic (exact) mass is 303 g/mol. The third kappa shape index (κ3) is 4.14. The number of amides is 1. The Morgan fingerprint density at radius 1 is 1.50 bits per heavy atom. The lowest BCUT2D eigenvalue weighted by molar-refractivity contribution is 0.0911. The highest BCUT2D eigenvalue weighted by Gasteiger charge is 2.20. The first kappa shape index (κ1) is 13.5. The Labute approximate surface area is 110 Å². The molecule has 1 N–H and O–H groups in total. The van der Waals surface area contributed by atoms with Crippen LogP contribution in [0.5, 0.6) is 0 Å². The summed E-state index contributed by atoms with van der Waals surface area (Å²) in [5, 5.41) is 2.96. The van der Waals surface area contributed by atoms with Crippen LogP contribution >= 0.6 is 27.5 Å². The van der Waals surface area contributed by atoms with Crippen LogP contribution in [0.2, 0.25) is 0 Å². The molecular formula is C12H15BrClNO. The lowest BCUT2D eigenvalue weighted by Crippen LogP contribution is -2.43. The van der Waals surface area contributed by atoms with Crippen molar-refractivity contribution in [2.24, 2.45) is 0 Å². The topological polar surface area (TPSA) is 29.1 Å². The molecule has 4 heteroatoms. The van der Waals surface area contributed by atoms with Gasteiger partial charge >= 0.3 is 0 Å². The Morgan fingerprint density at radius 2 is 2.19 bits per heavy atom. The van der Waals surface area contributed by atoms with Crippen molar-refractivity contribution in [1.29, 1.82) is 0 Å². The Bertz CT molecular complexity index is 379. The molecule has 0 fully saturated rings. The van der Waals surface area contributed by atoms with E-state index in [0.29, 0.717) is 11.4 Å². The Hall–Kier alpha value is -0.540. The van der Waals surface area contributed by atoms with Crippen LogP contribution in [0.15, 0.2) is 28.7 Å². The van der Waals surface area contributed by atoms with Crippen LogP contribution < -0.4 is 5.32 Å². The van der Waals surface area contributed by atoms with E-state index in [4.69, 9.17) is 11.6 Å². The van der Waals surface area contributed by atoms with Gasteiger partial charge in [0.05, 0.1) is 0 Å². The van der Waals surface area contributed by atoms with Gasteiger partial charge in [0.1, 0.15) is 0 Å². The number of nitrogens with one attached hydrogen (secondary N) is 1. The second-order valence-corrected chi connectivity index (χ2v) is 5.58. The van der Waals surface area contributed by atoms with Gasteiger partial charge in [-0.2, -0.15) is 0 Å². The van der Waals surface area contributed by atoms with Crippen molar-refractivity contribution in [2.45, 2.75) is 25.8 Å². The summed E-state index contributed by atoms with van der Waals surface area (Å²) in [6.45, 7) is 3.93. The van der Waals surface area contributed by atoms with E-state index in [1.54, 1.807) is 12.1 Å². The molecule has 88 valence electrons. The largest absolute Gasteiger partial charge is 0.347 e. The summed E-state index contributed by atoms with van der Waals surface area (Å²) in [6.07, 6.45) is 0.744. The van der Waals surface area contributed by atoms with Gasteiger partial charge in [0.15, 0.2) is 0 Å². The van der Waals surface area contributed by atoms with Crippen molar-refractivity contribution >= 4 is 33.4 Å². The molecule has 0 bridgehead atoms. The van der Waals surface area contributed by atoms with Gasteiger partial charge in [-0.25, -0.2) is 0 Å². The number of hydrogen-bond donors (Lipinski definition) is 1. The van der Waals surface area contributed by atoms with Crippen molar-refractivity contribution < 1.29 is 4.79 Å². The molecule has 1 amide bonds. The SMILES string of the molecule is CC(C)(CCCl)NC(=O)c1cccc(Br)c1. The molecule has 2 nitrogen and oxygen atoms in total. The molecule has 0 aromatic heterocycles. The highest BCUT2D eigenvalue weighted by molar-refractivity contribution is 9.10. The fourth-order valence-corrected chi connectivity index (χ4v) is 2.18. The van der Waals surface area contributed by atoms with E-state index in [2.05, 4.69) is 21.2 Å². The Morgan fingerprint density at radius 3 is 2.75 bits per heavy atom. The quantitative estimate of drug-likeness (QED) is 0.846. The smallest absolute Gasteiger partial charge is 0.251 e. The van der Waals surface area contributed by atoms with Gasteiger partial charge in [-0.3, -0.25) is 4.79 Å². The van der Waals surface area contributed by atoms with Crippen LogP contribution in [-0.4, -0.2) is 17.3 Å². The second-order valence-electron chi connectivity index (χ2n) is 4.29. The first-order chi connectivity index (χ1) is 7.44. The lowest BCUT2D eigenvalue weighted by Gasteiger charge is -2.25. The Kier molecular flexibility index (Phi) is 4.81. The average Bonchev–Trinajstić information content (AvgIpc) is 2.16. The summed E-state index contributed by atoms with van der Waals surface area (Å²) in [7, 11) is 0. The highest BCUT2D eigenvalue weighted by Crippen LogP contribution is 2.14. The third-order valence-electron chi connectivity index (χ3n) is 2.26. The lowest BCUT2D eigenvalue weighted by atomic mass is 10.0. The summed E-state index contributed by atoms with van der Waals surface area (Å²) in [4.78, 5) is 11.9. The summed E-state index contributed by atoms with van der Waals surface area (Å²) < 4.78 is 0.898. The number of halogens is 2. The minimum atomic E-state index is -0.277. The molecule has 0 unspecified atom stereocenters. The third-order valence-corrected chi connectivity index (χ3v) is 2.94. The summed E-state index contributed by atoms with van der Waals surface area (Å²) in [5.41, 5.74) is 0.373. The Balaban J connectivity index is 2.72. The molecule has 16 heavy (non-hydrogen) atoms. The van der Waals surface area contributed by atoms with Crippen LogP contribution in [0.1, 0.15) is 30.6 Å². The van der Waals surface area contributed by atoms with E-state index >= 15 is 0 Å². The summed E-state index contributed by atoms with van der Waals surface area (Å²) in [5.74, 6) is 0.461.